The molecular weight excluding hydrogens is 476 g/mol. The van der Waals surface area contributed by atoms with Crippen molar-refractivity contribution in [1.29, 1.82) is 0 Å². The SMILES string of the molecule is Cc1ccc(C(=O)Nc2ccc(-c3cc(C4CCCC4)n(C(=O)NCCc4ccccc4)n3)c(O)c2)cc1. The minimum absolute atomic E-state index is 0.0150. The van der Waals surface area contributed by atoms with E-state index in [1.165, 1.54) is 10.7 Å². The smallest absolute Gasteiger partial charge is 0.342 e. The zero-order valence-electron chi connectivity index (χ0n) is 21.5. The van der Waals surface area contributed by atoms with Gasteiger partial charge in [-0.25, -0.2) is 4.79 Å². The Morgan fingerprint density at radius 3 is 2.42 bits per heavy atom. The van der Waals surface area contributed by atoms with E-state index in [2.05, 4.69) is 15.7 Å². The second kappa shape index (κ2) is 11.3. The Kier molecular flexibility index (Phi) is 7.54. The van der Waals surface area contributed by atoms with Gasteiger partial charge in [0.2, 0.25) is 0 Å². The van der Waals surface area contributed by atoms with Gasteiger partial charge in [-0.05, 0) is 62.1 Å². The lowest BCUT2D eigenvalue weighted by Crippen LogP contribution is -2.32. The Labute approximate surface area is 222 Å². The summed E-state index contributed by atoms with van der Waals surface area (Å²) in [6.07, 6.45) is 5.01. The minimum Gasteiger partial charge on any atom is -0.507 e. The Hall–Kier alpha value is -4.39. The number of phenols is 1. The van der Waals surface area contributed by atoms with Crippen LogP contribution in [0.4, 0.5) is 10.5 Å². The topological polar surface area (TPSA) is 96.3 Å². The number of anilines is 1. The quantitative estimate of drug-likeness (QED) is 0.274. The van der Waals surface area contributed by atoms with Crippen molar-refractivity contribution in [3.05, 3.63) is 101 Å². The van der Waals surface area contributed by atoms with Crippen molar-refractivity contribution in [2.24, 2.45) is 0 Å². The summed E-state index contributed by atoms with van der Waals surface area (Å²) in [7, 11) is 0. The third kappa shape index (κ3) is 5.78. The van der Waals surface area contributed by atoms with Gasteiger partial charge in [0.1, 0.15) is 5.75 Å². The van der Waals surface area contributed by atoms with Crippen LogP contribution in [0.2, 0.25) is 0 Å². The van der Waals surface area contributed by atoms with E-state index >= 15 is 0 Å². The van der Waals surface area contributed by atoms with Crippen LogP contribution in [0.1, 0.15) is 58.8 Å². The van der Waals surface area contributed by atoms with Crippen LogP contribution >= 0.6 is 0 Å². The van der Waals surface area contributed by atoms with Gasteiger partial charge in [0.25, 0.3) is 5.91 Å². The summed E-state index contributed by atoms with van der Waals surface area (Å²) >= 11 is 0. The number of rotatable bonds is 7. The number of benzene rings is 3. The molecule has 7 nitrogen and oxygen atoms in total. The fourth-order valence-electron chi connectivity index (χ4n) is 4.97. The normalized spacial score (nSPS) is 13.4. The highest BCUT2D eigenvalue weighted by Crippen LogP contribution is 2.38. The standard InChI is InChI=1S/C31H32N4O3/c1-21-11-13-24(14-12-21)30(37)33-25-15-16-26(29(36)19-25)27-20-28(23-9-5-6-10-23)35(34-27)31(38)32-18-17-22-7-3-2-4-8-22/h2-4,7-8,11-16,19-20,23,36H,5-6,9-10,17-18H2,1H3,(H,32,38)(H,33,37). The van der Waals surface area contributed by atoms with Crippen molar-refractivity contribution in [2.45, 2.75) is 44.9 Å². The molecular formula is C31H32N4O3. The molecule has 4 aromatic rings. The molecule has 5 rings (SSSR count). The van der Waals surface area contributed by atoms with Crippen molar-refractivity contribution < 1.29 is 14.7 Å². The van der Waals surface area contributed by atoms with Gasteiger partial charge in [-0.3, -0.25) is 4.79 Å². The number of hydrogen-bond donors (Lipinski definition) is 3. The van der Waals surface area contributed by atoms with Crippen LogP contribution in [-0.2, 0) is 6.42 Å². The van der Waals surface area contributed by atoms with E-state index in [-0.39, 0.29) is 23.6 Å². The van der Waals surface area contributed by atoms with Crippen molar-refractivity contribution >= 4 is 17.6 Å². The van der Waals surface area contributed by atoms with E-state index in [1.807, 2.05) is 55.5 Å². The molecule has 0 unspecified atom stereocenters. The summed E-state index contributed by atoms with van der Waals surface area (Å²) in [6.45, 7) is 2.47. The summed E-state index contributed by atoms with van der Waals surface area (Å²) in [6, 6.07) is 23.9. The molecule has 1 aromatic heterocycles. The molecule has 0 saturated heterocycles. The lowest BCUT2D eigenvalue weighted by molar-refractivity contribution is 0.102. The van der Waals surface area contributed by atoms with Crippen molar-refractivity contribution in [2.75, 3.05) is 11.9 Å². The zero-order chi connectivity index (χ0) is 26.5. The number of aromatic hydroxyl groups is 1. The summed E-state index contributed by atoms with van der Waals surface area (Å²) in [5, 5.41) is 21.3. The first kappa shape index (κ1) is 25.3. The molecule has 7 heteroatoms. The molecule has 38 heavy (non-hydrogen) atoms. The van der Waals surface area contributed by atoms with E-state index in [1.54, 1.807) is 24.3 Å². The Balaban J connectivity index is 1.34. The van der Waals surface area contributed by atoms with E-state index in [4.69, 9.17) is 0 Å². The molecule has 3 aromatic carbocycles. The molecule has 1 fully saturated rings. The van der Waals surface area contributed by atoms with Gasteiger partial charge in [0.15, 0.2) is 0 Å². The Bertz CT molecular complexity index is 1420. The number of nitrogens with one attached hydrogen (secondary N) is 2. The molecule has 1 saturated carbocycles. The lowest BCUT2D eigenvalue weighted by Gasteiger charge is -2.12. The molecule has 2 amide bonds. The minimum atomic E-state index is -0.268. The van der Waals surface area contributed by atoms with Crippen molar-refractivity contribution in [1.82, 2.24) is 15.1 Å². The number of aryl methyl sites for hydroxylation is 1. The molecule has 1 aliphatic rings. The van der Waals surface area contributed by atoms with Gasteiger partial charge in [0.05, 0.1) is 11.4 Å². The molecule has 0 spiro atoms. The number of carbonyl (C=O) groups is 2. The molecule has 1 heterocycles. The van der Waals surface area contributed by atoms with Crippen LogP contribution in [0.5, 0.6) is 5.75 Å². The predicted molar refractivity (Wildman–Crippen MR) is 149 cm³/mol. The molecule has 0 atom stereocenters. The molecule has 0 aliphatic heterocycles. The fourth-order valence-corrected chi connectivity index (χ4v) is 4.97. The summed E-state index contributed by atoms with van der Waals surface area (Å²) in [4.78, 5) is 25.7. The van der Waals surface area contributed by atoms with Gasteiger partial charge in [-0.15, -0.1) is 0 Å². The van der Waals surface area contributed by atoms with Crippen LogP contribution in [0.15, 0.2) is 78.9 Å². The van der Waals surface area contributed by atoms with Gasteiger partial charge in [-0.2, -0.15) is 9.78 Å². The predicted octanol–water partition coefficient (Wildman–Crippen LogP) is 6.27. The van der Waals surface area contributed by atoms with Crippen LogP contribution in [-0.4, -0.2) is 33.4 Å². The molecule has 0 bridgehead atoms. The average molecular weight is 509 g/mol. The maximum atomic E-state index is 13.2. The van der Waals surface area contributed by atoms with Crippen LogP contribution < -0.4 is 10.6 Å². The number of amides is 2. The largest absolute Gasteiger partial charge is 0.507 e. The first-order valence-electron chi connectivity index (χ1n) is 13.1. The van der Waals surface area contributed by atoms with Crippen molar-refractivity contribution in [3.8, 4) is 17.0 Å². The van der Waals surface area contributed by atoms with Crippen LogP contribution in [0.25, 0.3) is 11.3 Å². The van der Waals surface area contributed by atoms with E-state index in [0.29, 0.717) is 29.1 Å². The molecule has 3 N–H and O–H groups in total. The first-order valence-corrected chi connectivity index (χ1v) is 13.1. The number of hydrogen-bond acceptors (Lipinski definition) is 4. The van der Waals surface area contributed by atoms with Crippen LogP contribution in [0, 0.1) is 6.92 Å². The fraction of sp³-hybridized carbons (Fsp3) is 0.258. The highest BCUT2D eigenvalue weighted by Gasteiger charge is 2.26. The third-order valence-electron chi connectivity index (χ3n) is 7.08. The Morgan fingerprint density at radius 2 is 1.71 bits per heavy atom. The summed E-state index contributed by atoms with van der Waals surface area (Å²) in [5.74, 6) is -0.0118. The monoisotopic (exact) mass is 508 g/mol. The van der Waals surface area contributed by atoms with Crippen LogP contribution in [0.3, 0.4) is 0 Å². The van der Waals surface area contributed by atoms with E-state index < -0.39 is 0 Å². The van der Waals surface area contributed by atoms with Crippen molar-refractivity contribution in [3.63, 3.8) is 0 Å². The highest BCUT2D eigenvalue weighted by molar-refractivity contribution is 6.04. The summed E-state index contributed by atoms with van der Waals surface area (Å²) in [5.41, 5.74) is 5.15. The molecule has 194 valence electrons. The maximum Gasteiger partial charge on any atom is 0.342 e. The molecule has 1 aliphatic carbocycles. The highest BCUT2D eigenvalue weighted by atomic mass is 16.3. The number of aromatic nitrogens is 2. The van der Waals surface area contributed by atoms with Gasteiger partial charge < -0.3 is 15.7 Å². The van der Waals surface area contributed by atoms with E-state index in [0.717, 1.165) is 48.9 Å². The second-order valence-corrected chi connectivity index (χ2v) is 9.87. The zero-order valence-corrected chi connectivity index (χ0v) is 21.5. The third-order valence-corrected chi connectivity index (χ3v) is 7.08. The first-order chi connectivity index (χ1) is 18.5. The van der Waals surface area contributed by atoms with E-state index in [9.17, 15) is 14.7 Å². The maximum absolute atomic E-state index is 13.2. The number of carbonyl (C=O) groups excluding carboxylic acids is 2. The lowest BCUT2D eigenvalue weighted by atomic mass is 10.0. The summed E-state index contributed by atoms with van der Waals surface area (Å²) < 4.78 is 1.46. The number of phenolic OH excluding ortho intramolecular Hbond substituents is 1. The van der Waals surface area contributed by atoms with Gasteiger partial charge in [-0.1, -0.05) is 60.9 Å². The second-order valence-electron chi connectivity index (χ2n) is 9.87. The average Bonchev–Trinajstić information content (AvgIpc) is 3.60. The number of nitrogens with zero attached hydrogens (tertiary/aromatic N) is 2. The molecule has 0 radical (unpaired) electrons. The van der Waals surface area contributed by atoms with Gasteiger partial charge >= 0.3 is 6.03 Å². The van der Waals surface area contributed by atoms with Gasteiger partial charge in [0, 0.05) is 35.3 Å². The Morgan fingerprint density at radius 1 is 0.974 bits per heavy atom.